The van der Waals surface area contributed by atoms with E-state index < -0.39 is 0 Å². The monoisotopic (exact) mass is 281 g/mol. The molecule has 0 spiro atoms. The number of amides is 1. The van der Waals surface area contributed by atoms with E-state index in [-0.39, 0.29) is 5.91 Å². The van der Waals surface area contributed by atoms with Crippen LogP contribution in [0.15, 0.2) is 30.3 Å². The summed E-state index contributed by atoms with van der Waals surface area (Å²) in [5, 5.41) is 0.756. The fraction of sp³-hybridized carbons (Fsp3) is 0.357. The van der Waals surface area contributed by atoms with Crippen molar-refractivity contribution >= 4 is 34.8 Å². The molecule has 0 radical (unpaired) electrons. The number of nitrogens with zero attached hydrogens (tertiary/aromatic N) is 1. The first-order chi connectivity index (χ1) is 8.70. The molecular weight excluding hydrogens is 266 g/mol. The van der Waals surface area contributed by atoms with Gasteiger partial charge in [0, 0.05) is 18.1 Å². The van der Waals surface area contributed by atoms with Crippen LogP contribution in [0.4, 0.5) is 0 Å². The van der Waals surface area contributed by atoms with Crippen molar-refractivity contribution in [2.75, 3.05) is 25.1 Å². The van der Waals surface area contributed by atoms with Crippen LogP contribution in [0.1, 0.15) is 12.0 Å². The van der Waals surface area contributed by atoms with Gasteiger partial charge in [-0.15, -0.1) is 0 Å². The van der Waals surface area contributed by atoms with Crippen molar-refractivity contribution in [2.45, 2.75) is 6.42 Å². The normalized spacial score (nSPS) is 15.4. The highest BCUT2D eigenvalue weighted by Gasteiger charge is 2.17. The first-order valence-corrected chi connectivity index (χ1v) is 7.69. The summed E-state index contributed by atoms with van der Waals surface area (Å²) in [5.41, 5.74) is 2.51. The maximum atomic E-state index is 11.7. The third-order valence-corrected chi connectivity index (χ3v) is 3.83. The van der Waals surface area contributed by atoms with Crippen LogP contribution in [-0.4, -0.2) is 35.9 Å². The topological polar surface area (TPSA) is 20.3 Å². The van der Waals surface area contributed by atoms with Crippen LogP contribution in [-0.2, 0) is 4.79 Å². The van der Waals surface area contributed by atoms with Gasteiger partial charge in [0.1, 0.15) is 0 Å². The number of hydrogen-bond acceptors (Lipinski definition) is 2. The lowest BCUT2D eigenvalue weighted by Gasteiger charge is -2.26. The first-order valence-electron chi connectivity index (χ1n) is 5.92. The highest BCUT2D eigenvalue weighted by atomic mass is 35.5. The second-order valence-corrected chi connectivity index (χ2v) is 5.56. The zero-order chi connectivity index (χ0) is 13.0. The molecule has 2 rings (SSSR count). The van der Waals surface area contributed by atoms with Gasteiger partial charge in [0.2, 0.25) is 5.91 Å². The second-order valence-electron chi connectivity index (χ2n) is 4.26. The average molecular weight is 282 g/mol. The summed E-state index contributed by atoms with van der Waals surface area (Å²) in [6.45, 7) is 1.53. The average Bonchev–Trinajstić information content (AvgIpc) is 2.40. The van der Waals surface area contributed by atoms with Gasteiger partial charge in [-0.1, -0.05) is 29.8 Å². The van der Waals surface area contributed by atoms with Crippen molar-refractivity contribution in [1.29, 1.82) is 0 Å². The van der Waals surface area contributed by atoms with E-state index in [1.807, 2.05) is 35.4 Å². The Morgan fingerprint density at radius 1 is 1.39 bits per heavy atom. The van der Waals surface area contributed by atoms with Gasteiger partial charge in [-0.25, -0.2) is 0 Å². The molecule has 0 aliphatic carbocycles. The van der Waals surface area contributed by atoms with E-state index in [2.05, 4.69) is 6.08 Å². The summed E-state index contributed by atoms with van der Waals surface area (Å²) in [6.07, 6.45) is 5.02. The molecule has 4 heteroatoms. The maximum Gasteiger partial charge on any atom is 0.232 e. The maximum absolute atomic E-state index is 11.7. The van der Waals surface area contributed by atoms with Crippen LogP contribution < -0.4 is 0 Å². The molecule has 0 N–H and O–H groups in total. The molecule has 96 valence electrons. The minimum absolute atomic E-state index is 0.230. The van der Waals surface area contributed by atoms with Crippen LogP contribution in [0.3, 0.4) is 0 Å². The van der Waals surface area contributed by atoms with Crippen LogP contribution >= 0.6 is 23.4 Å². The van der Waals surface area contributed by atoms with Crippen molar-refractivity contribution in [3.63, 3.8) is 0 Å². The molecule has 0 aromatic heterocycles. The number of rotatable bonds is 3. The van der Waals surface area contributed by atoms with E-state index in [1.165, 1.54) is 11.1 Å². The number of benzene rings is 1. The fourth-order valence-corrected chi connectivity index (χ4v) is 2.59. The summed E-state index contributed by atoms with van der Waals surface area (Å²) in [4.78, 5) is 13.7. The Morgan fingerprint density at radius 3 is 2.67 bits per heavy atom. The molecule has 1 amide bonds. The van der Waals surface area contributed by atoms with Gasteiger partial charge in [-0.2, -0.15) is 11.8 Å². The number of carbonyl (C=O) groups excluding carboxylic acids is 1. The predicted molar refractivity (Wildman–Crippen MR) is 79.0 cm³/mol. The lowest BCUT2D eigenvalue weighted by Crippen LogP contribution is -2.35. The molecule has 0 unspecified atom stereocenters. The number of carbonyl (C=O) groups is 1. The molecule has 1 heterocycles. The van der Waals surface area contributed by atoms with E-state index in [0.29, 0.717) is 5.75 Å². The highest BCUT2D eigenvalue weighted by Crippen LogP contribution is 2.23. The van der Waals surface area contributed by atoms with Crippen molar-refractivity contribution in [3.8, 4) is 0 Å². The third-order valence-electron chi connectivity index (χ3n) is 3.04. The molecule has 0 atom stereocenters. The Kier molecular flexibility index (Phi) is 4.72. The minimum Gasteiger partial charge on any atom is -0.338 e. The molecule has 2 nitrogen and oxygen atoms in total. The predicted octanol–water partition coefficient (Wildman–Crippen LogP) is 3.32. The molecule has 1 aromatic carbocycles. The summed E-state index contributed by atoms with van der Waals surface area (Å²) in [7, 11) is 0. The van der Waals surface area contributed by atoms with E-state index in [0.717, 1.165) is 24.5 Å². The lowest BCUT2D eigenvalue weighted by atomic mass is 9.99. The summed E-state index contributed by atoms with van der Waals surface area (Å²) in [5.74, 6) is 0.804. The van der Waals surface area contributed by atoms with Gasteiger partial charge >= 0.3 is 0 Å². The first kappa shape index (κ1) is 13.5. The molecule has 0 fully saturated rings. The Hall–Kier alpha value is -0.930. The lowest BCUT2D eigenvalue weighted by molar-refractivity contribution is -0.127. The zero-order valence-corrected chi connectivity index (χ0v) is 11.9. The van der Waals surface area contributed by atoms with Gasteiger partial charge in [0.05, 0.1) is 5.75 Å². The standard InChI is InChI=1S/C14H16ClNOS/c1-18-10-14(17)16-8-6-12(7-9-16)11-2-4-13(15)5-3-11/h2-6H,7-10H2,1H3. The molecule has 1 aliphatic heterocycles. The smallest absolute Gasteiger partial charge is 0.232 e. The van der Waals surface area contributed by atoms with Gasteiger partial charge in [-0.3, -0.25) is 4.79 Å². The fourth-order valence-electron chi connectivity index (χ4n) is 2.04. The molecule has 0 saturated heterocycles. The van der Waals surface area contributed by atoms with E-state index in [1.54, 1.807) is 11.8 Å². The highest BCUT2D eigenvalue weighted by molar-refractivity contribution is 7.99. The van der Waals surface area contributed by atoms with Crippen LogP contribution in [0.25, 0.3) is 5.57 Å². The summed E-state index contributed by atoms with van der Waals surface area (Å²) < 4.78 is 0. The van der Waals surface area contributed by atoms with E-state index >= 15 is 0 Å². The number of hydrogen-bond donors (Lipinski definition) is 0. The van der Waals surface area contributed by atoms with E-state index in [4.69, 9.17) is 11.6 Å². The van der Waals surface area contributed by atoms with Gasteiger partial charge in [0.15, 0.2) is 0 Å². The zero-order valence-electron chi connectivity index (χ0n) is 10.4. The SMILES string of the molecule is CSCC(=O)N1CC=C(c2ccc(Cl)cc2)CC1. The molecule has 0 bridgehead atoms. The Bertz CT molecular complexity index is 455. The molecule has 18 heavy (non-hydrogen) atoms. The number of thioether (sulfide) groups is 1. The van der Waals surface area contributed by atoms with Crippen molar-refractivity contribution in [3.05, 3.63) is 40.9 Å². The summed E-state index contributed by atoms with van der Waals surface area (Å²) in [6, 6.07) is 7.88. The Labute approximate surface area is 117 Å². The van der Waals surface area contributed by atoms with Gasteiger partial charge in [0.25, 0.3) is 0 Å². The third kappa shape index (κ3) is 3.30. The largest absolute Gasteiger partial charge is 0.338 e. The van der Waals surface area contributed by atoms with Crippen molar-refractivity contribution < 1.29 is 4.79 Å². The number of halogens is 1. The van der Waals surface area contributed by atoms with E-state index in [9.17, 15) is 4.79 Å². The Balaban J connectivity index is 2.02. The molecule has 1 aliphatic rings. The van der Waals surface area contributed by atoms with Gasteiger partial charge in [-0.05, 0) is 35.9 Å². The van der Waals surface area contributed by atoms with Crippen LogP contribution in [0.2, 0.25) is 5.02 Å². The summed E-state index contributed by atoms with van der Waals surface area (Å²) >= 11 is 7.45. The second kappa shape index (κ2) is 6.30. The molecular formula is C14H16ClNOS. The minimum atomic E-state index is 0.230. The van der Waals surface area contributed by atoms with Crippen molar-refractivity contribution in [1.82, 2.24) is 4.90 Å². The Morgan fingerprint density at radius 2 is 2.11 bits per heavy atom. The molecule has 0 saturated carbocycles. The van der Waals surface area contributed by atoms with Crippen LogP contribution in [0.5, 0.6) is 0 Å². The van der Waals surface area contributed by atoms with Crippen LogP contribution in [0, 0.1) is 0 Å². The van der Waals surface area contributed by atoms with Crippen molar-refractivity contribution in [2.24, 2.45) is 0 Å². The molecule has 1 aromatic rings. The van der Waals surface area contributed by atoms with Gasteiger partial charge < -0.3 is 4.90 Å². The quantitative estimate of drug-likeness (QED) is 0.847.